The fourth-order valence-electron chi connectivity index (χ4n) is 2.95. The number of hydrogen-bond donors (Lipinski definition) is 2. The van der Waals surface area contributed by atoms with E-state index >= 15 is 0 Å². The Kier molecular flexibility index (Phi) is 5.11. The standard InChI is InChI=1S/C20H22N2O4/c1-4-25-19-10-15-8-12(2)26-18(15)11-17(19)22-20(24)14-6-5-7-16(9-14)21-13(3)23/h5-7,9-12H,4,8H2,1-3H3,(H,21,23)(H,22,24)/t12-/m1/s1. The zero-order valence-electron chi connectivity index (χ0n) is 15.1. The van der Waals surface area contributed by atoms with Crippen molar-refractivity contribution in [2.45, 2.75) is 33.3 Å². The van der Waals surface area contributed by atoms with Gasteiger partial charge in [0.15, 0.2) is 0 Å². The van der Waals surface area contributed by atoms with Crippen molar-refractivity contribution in [3.63, 3.8) is 0 Å². The molecule has 1 aliphatic heterocycles. The van der Waals surface area contributed by atoms with Gasteiger partial charge in [0.2, 0.25) is 5.91 Å². The number of hydrogen-bond acceptors (Lipinski definition) is 4. The van der Waals surface area contributed by atoms with Gasteiger partial charge in [-0.1, -0.05) is 6.07 Å². The van der Waals surface area contributed by atoms with Gasteiger partial charge in [0.05, 0.1) is 12.3 Å². The Morgan fingerprint density at radius 1 is 1.23 bits per heavy atom. The molecule has 0 saturated carbocycles. The lowest BCUT2D eigenvalue weighted by Gasteiger charge is -2.14. The predicted octanol–water partition coefficient (Wildman–Crippen LogP) is 3.62. The molecule has 0 spiro atoms. The first kappa shape index (κ1) is 17.8. The topological polar surface area (TPSA) is 76.7 Å². The number of anilines is 2. The second-order valence-electron chi connectivity index (χ2n) is 6.24. The van der Waals surface area contributed by atoms with E-state index in [2.05, 4.69) is 10.6 Å². The molecule has 2 aromatic rings. The lowest BCUT2D eigenvalue weighted by Crippen LogP contribution is -2.14. The summed E-state index contributed by atoms with van der Waals surface area (Å²) >= 11 is 0. The third-order valence-corrected chi connectivity index (χ3v) is 3.99. The van der Waals surface area contributed by atoms with Crippen molar-refractivity contribution in [3.8, 4) is 11.5 Å². The first-order chi connectivity index (χ1) is 12.5. The molecule has 136 valence electrons. The van der Waals surface area contributed by atoms with Gasteiger partial charge in [0.1, 0.15) is 17.6 Å². The number of benzene rings is 2. The number of amides is 2. The monoisotopic (exact) mass is 354 g/mol. The average Bonchev–Trinajstić information content (AvgIpc) is 2.94. The number of nitrogens with one attached hydrogen (secondary N) is 2. The lowest BCUT2D eigenvalue weighted by molar-refractivity contribution is -0.114. The van der Waals surface area contributed by atoms with Crippen molar-refractivity contribution in [1.29, 1.82) is 0 Å². The molecule has 1 aliphatic rings. The molecular formula is C20H22N2O4. The molecule has 0 aromatic heterocycles. The molecule has 6 heteroatoms. The van der Waals surface area contributed by atoms with Crippen LogP contribution in [0.15, 0.2) is 36.4 Å². The van der Waals surface area contributed by atoms with Crippen LogP contribution in [0.25, 0.3) is 0 Å². The minimum absolute atomic E-state index is 0.111. The zero-order valence-corrected chi connectivity index (χ0v) is 15.1. The molecule has 0 radical (unpaired) electrons. The van der Waals surface area contributed by atoms with Gasteiger partial charge in [-0.2, -0.15) is 0 Å². The third-order valence-electron chi connectivity index (χ3n) is 3.99. The molecule has 0 saturated heterocycles. The quantitative estimate of drug-likeness (QED) is 0.860. The van der Waals surface area contributed by atoms with Crippen LogP contribution in [0.2, 0.25) is 0 Å². The summed E-state index contributed by atoms with van der Waals surface area (Å²) in [5.74, 6) is 0.911. The van der Waals surface area contributed by atoms with Crippen LogP contribution < -0.4 is 20.1 Å². The number of carbonyl (C=O) groups excluding carboxylic acids is 2. The van der Waals surface area contributed by atoms with E-state index in [-0.39, 0.29) is 17.9 Å². The summed E-state index contributed by atoms with van der Waals surface area (Å²) in [6.07, 6.45) is 0.933. The van der Waals surface area contributed by atoms with E-state index in [0.29, 0.717) is 29.3 Å². The summed E-state index contributed by atoms with van der Waals surface area (Å²) in [5.41, 5.74) is 2.65. The molecule has 1 heterocycles. The molecule has 2 N–H and O–H groups in total. The summed E-state index contributed by atoms with van der Waals surface area (Å²) < 4.78 is 11.5. The summed E-state index contributed by atoms with van der Waals surface area (Å²) in [6, 6.07) is 10.5. The highest BCUT2D eigenvalue weighted by molar-refractivity contribution is 6.06. The van der Waals surface area contributed by atoms with Crippen molar-refractivity contribution in [3.05, 3.63) is 47.5 Å². The Bertz CT molecular complexity index is 848. The second-order valence-corrected chi connectivity index (χ2v) is 6.24. The second kappa shape index (κ2) is 7.47. The van der Waals surface area contributed by atoms with Gasteiger partial charge < -0.3 is 20.1 Å². The molecule has 26 heavy (non-hydrogen) atoms. The molecule has 0 fully saturated rings. The molecule has 2 aromatic carbocycles. The smallest absolute Gasteiger partial charge is 0.255 e. The Balaban J connectivity index is 1.85. The van der Waals surface area contributed by atoms with Gasteiger partial charge in [-0.15, -0.1) is 0 Å². The SMILES string of the molecule is CCOc1cc2c(cc1NC(=O)c1cccc(NC(C)=O)c1)O[C@H](C)C2. The van der Waals surface area contributed by atoms with Gasteiger partial charge >= 0.3 is 0 Å². The minimum Gasteiger partial charge on any atom is -0.492 e. The molecule has 0 bridgehead atoms. The van der Waals surface area contributed by atoms with Gasteiger partial charge in [0, 0.05) is 36.2 Å². The Hall–Kier alpha value is -3.02. The van der Waals surface area contributed by atoms with Crippen molar-refractivity contribution in [1.82, 2.24) is 0 Å². The number of fused-ring (bicyclic) bond motifs is 1. The van der Waals surface area contributed by atoms with Crippen LogP contribution in [0, 0.1) is 0 Å². The number of carbonyl (C=O) groups is 2. The fourth-order valence-corrected chi connectivity index (χ4v) is 2.95. The van der Waals surface area contributed by atoms with E-state index in [4.69, 9.17) is 9.47 Å². The summed E-state index contributed by atoms with van der Waals surface area (Å²) in [7, 11) is 0. The fraction of sp³-hybridized carbons (Fsp3) is 0.300. The van der Waals surface area contributed by atoms with E-state index in [0.717, 1.165) is 17.7 Å². The number of rotatable bonds is 5. The van der Waals surface area contributed by atoms with Crippen LogP contribution in [0.3, 0.4) is 0 Å². The average molecular weight is 354 g/mol. The van der Waals surface area contributed by atoms with Crippen molar-refractivity contribution in [2.75, 3.05) is 17.2 Å². The van der Waals surface area contributed by atoms with Crippen LogP contribution in [0.1, 0.15) is 36.7 Å². The Morgan fingerprint density at radius 2 is 2.04 bits per heavy atom. The van der Waals surface area contributed by atoms with E-state index in [1.54, 1.807) is 30.3 Å². The van der Waals surface area contributed by atoms with Gasteiger partial charge in [-0.25, -0.2) is 0 Å². The lowest BCUT2D eigenvalue weighted by atomic mass is 10.1. The predicted molar refractivity (Wildman–Crippen MR) is 100 cm³/mol. The van der Waals surface area contributed by atoms with E-state index in [1.807, 2.05) is 19.9 Å². The number of ether oxygens (including phenoxy) is 2. The minimum atomic E-state index is -0.288. The maximum atomic E-state index is 12.7. The third kappa shape index (κ3) is 3.96. The van der Waals surface area contributed by atoms with Crippen molar-refractivity contribution in [2.24, 2.45) is 0 Å². The van der Waals surface area contributed by atoms with Crippen LogP contribution in [-0.2, 0) is 11.2 Å². The molecule has 0 aliphatic carbocycles. The molecule has 0 unspecified atom stereocenters. The van der Waals surface area contributed by atoms with Crippen LogP contribution >= 0.6 is 0 Å². The largest absolute Gasteiger partial charge is 0.492 e. The van der Waals surface area contributed by atoms with Crippen molar-refractivity contribution < 1.29 is 19.1 Å². The van der Waals surface area contributed by atoms with Gasteiger partial charge in [-0.3, -0.25) is 9.59 Å². The van der Waals surface area contributed by atoms with Gasteiger partial charge in [0.25, 0.3) is 5.91 Å². The van der Waals surface area contributed by atoms with Crippen molar-refractivity contribution >= 4 is 23.2 Å². The summed E-state index contributed by atoms with van der Waals surface area (Å²) in [4.78, 5) is 23.8. The highest BCUT2D eigenvalue weighted by Gasteiger charge is 2.22. The van der Waals surface area contributed by atoms with Crippen LogP contribution in [0.5, 0.6) is 11.5 Å². The first-order valence-corrected chi connectivity index (χ1v) is 8.61. The Labute approximate surface area is 152 Å². The summed E-state index contributed by atoms with van der Waals surface area (Å²) in [5, 5.41) is 5.55. The first-order valence-electron chi connectivity index (χ1n) is 8.61. The van der Waals surface area contributed by atoms with E-state index in [1.165, 1.54) is 6.92 Å². The van der Waals surface area contributed by atoms with Crippen LogP contribution in [-0.4, -0.2) is 24.5 Å². The molecular weight excluding hydrogens is 332 g/mol. The highest BCUT2D eigenvalue weighted by atomic mass is 16.5. The summed E-state index contributed by atoms with van der Waals surface area (Å²) in [6.45, 7) is 5.82. The maximum absolute atomic E-state index is 12.7. The highest BCUT2D eigenvalue weighted by Crippen LogP contribution is 2.38. The van der Waals surface area contributed by atoms with Crippen LogP contribution in [0.4, 0.5) is 11.4 Å². The zero-order chi connectivity index (χ0) is 18.7. The normalized spacial score (nSPS) is 15.0. The molecule has 3 rings (SSSR count). The molecule has 1 atom stereocenters. The maximum Gasteiger partial charge on any atom is 0.255 e. The van der Waals surface area contributed by atoms with Gasteiger partial charge in [-0.05, 0) is 38.1 Å². The van der Waals surface area contributed by atoms with E-state index in [9.17, 15) is 9.59 Å². The Morgan fingerprint density at radius 3 is 2.77 bits per heavy atom. The van der Waals surface area contributed by atoms with E-state index < -0.39 is 0 Å². The molecule has 2 amide bonds. The molecule has 6 nitrogen and oxygen atoms in total.